The standard InChI is InChI=1S/C8H15NO4/c1-6(9)8(10)13-12-7-2-4-11-5-3-7/h6-7H,2-5,9H2,1H3. The van der Waals surface area contributed by atoms with Crippen LogP contribution < -0.4 is 5.73 Å². The van der Waals surface area contributed by atoms with E-state index in [1.807, 2.05) is 0 Å². The fourth-order valence-electron chi connectivity index (χ4n) is 0.964. The number of ether oxygens (including phenoxy) is 1. The molecule has 0 bridgehead atoms. The van der Waals surface area contributed by atoms with Crippen LogP contribution in [0.5, 0.6) is 0 Å². The summed E-state index contributed by atoms with van der Waals surface area (Å²) in [6, 6.07) is -0.639. The van der Waals surface area contributed by atoms with Crippen molar-refractivity contribution < 1.29 is 19.3 Å². The highest BCUT2D eigenvalue weighted by Crippen LogP contribution is 2.10. The molecule has 1 aliphatic rings. The molecule has 1 unspecified atom stereocenters. The summed E-state index contributed by atoms with van der Waals surface area (Å²) < 4.78 is 5.11. The van der Waals surface area contributed by atoms with Crippen LogP contribution in [-0.2, 0) is 19.3 Å². The topological polar surface area (TPSA) is 70.8 Å². The van der Waals surface area contributed by atoms with Gasteiger partial charge in [-0.1, -0.05) is 0 Å². The number of carbonyl (C=O) groups excluding carboxylic acids is 1. The van der Waals surface area contributed by atoms with Crippen molar-refractivity contribution in [2.24, 2.45) is 5.73 Å². The molecule has 1 aliphatic heterocycles. The van der Waals surface area contributed by atoms with E-state index < -0.39 is 12.0 Å². The molecule has 1 saturated heterocycles. The van der Waals surface area contributed by atoms with Crippen molar-refractivity contribution in [3.8, 4) is 0 Å². The van der Waals surface area contributed by atoms with Gasteiger partial charge in [-0.15, -0.1) is 0 Å². The van der Waals surface area contributed by atoms with Gasteiger partial charge in [0.15, 0.2) is 0 Å². The van der Waals surface area contributed by atoms with Gasteiger partial charge in [0.05, 0.1) is 0 Å². The predicted octanol–water partition coefficient (Wildman–Crippen LogP) is -0.0126. The minimum atomic E-state index is -0.639. The first-order valence-electron chi connectivity index (χ1n) is 4.40. The molecule has 0 amide bonds. The molecule has 2 N–H and O–H groups in total. The highest BCUT2D eigenvalue weighted by atomic mass is 17.2. The Balaban J connectivity index is 2.13. The number of rotatable bonds is 3. The van der Waals surface area contributed by atoms with E-state index in [1.165, 1.54) is 0 Å². The van der Waals surface area contributed by atoms with E-state index in [0.717, 1.165) is 12.8 Å². The third kappa shape index (κ3) is 3.71. The lowest BCUT2D eigenvalue weighted by Gasteiger charge is -2.20. The Morgan fingerprint density at radius 1 is 1.54 bits per heavy atom. The molecule has 0 aromatic carbocycles. The highest BCUT2D eigenvalue weighted by Gasteiger charge is 2.18. The highest BCUT2D eigenvalue weighted by molar-refractivity contribution is 5.74. The van der Waals surface area contributed by atoms with Crippen LogP contribution in [0.3, 0.4) is 0 Å². The van der Waals surface area contributed by atoms with Gasteiger partial charge >= 0.3 is 5.97 Å². The molecule has 0 aromatic heterocycles. The molecular formula is C8H15NO4. The Hall–Kier alpha value is -0.650. The Morgan fingerprint density at radius 3 is 2.69 bits per heavy atom. The first kappa shape index (κ1) is 10.4. The largest absolute Gasteiger partial charge is 0.381 e. The zero-order valence-corrected chi connectivity index (χ0v) is 7.69. The minimum Gasteiger partial charge on any atom is -0.381 e. The lowest BCUT2D eigenvalue weighted by Crippen LogP contribution is -2.31. The summed E-state index contributed by atoms with van der Waals surface area (Å²) in [4.78, 5) is 20.3. The van der Waals surface area contributed by atoms with Gasteiger partial charge in [0, 0.05) is 26.1 Å². The van der Waals surface area contributed by atoms with Gasteiger partial charge < -0.3 is 10.5 Å². The Kier molecular flexibility index (Phi) is 4.14. The number of hydrogen-bond acceptors (Lipinski definition) is 5. The van der Waals surface area contributed by atoms with Crippen molar-refractivity contribution in [1.29, 1.82) is 0 Å². The van der Waals surface area contributed by atoms with E-state index >= 15 is 0 Å². The van der Waals surface area contributed by atoms with E-state index in [4.69, 9.17) is 15.4 Å². The van der Waals surface area contributed by atoms with Gasteiger partial charge in [-0.05, 0) is 6.92 Å². The van der Waals surface area contributed by atoms with Crippen LogP contribution in [0.1, 0.15) is 19.8 Å². The van der Waals surface area contributed by atoms with E-state index in [2.05, 4.69) is 4.89 Å². The van der Waals surface area contributed by atoms with Gasteiger partial charge in [-0.3, -0.25) is 4.89 Å². The molecule has 5 nitrogen and oxygen atoms in total. The lowest BCUT2D eigenvalue weighted by atomic mass is 10.2. The van der Waals surface area contributed by atoms with Crippen molar-refractivity contribution in [1.82, 2.24) is 0 Å². The quantitative estimate of drug-likeness (QED) is 0.499. The van der Waals surface area contributed by atoms with Crippen LogP contribution in [0.25, 0.3) is 0 Å². The molecule has 5 heteroatoms. The van der Waals surface area contributed by atoms with Crippen LogP contribution in [0.2, 0.25) is 0 Å². The van der Waals surface area contributed by atoms with Crippen LogP contribution in [0, 0.1) is 0 Å². The average molecular weight is 189 g/mol. The average Bonchev–Trinajstić information content (AvgIpc) is 2.15. The van der Waals surface area contributed by atoms with E-state index in [9.17, 15) is 4.79 Å². The Morgan fingerprint density at radius 2 is 2.15 bits per heavy atom. The van der Waals surface area contributed by atoms with Crippen LogP contribution in [0.4, 0.5) is 0 Å². The van der Waals surface area contributed by atoms with E-state index in [0.29, 0.717) is 13.2 Å². The number of carbonyl (C=O) groups is 1. The van der Waals surface area contributed by atoms with Crippen molar-refractivity contribution in [3.05, 3.63) is 0 Å². The first-order valence-corrected chi connectivity index (χ1v) is 4.40. The summed E-state index contributed by atoms with van der Waals surface area (Å²) in [5.41, 5.74) is 5.27. The van der Waals surface area contributed by atoms with Crippen LogP contribution in [-0.4, -0.2) is 31.3 Å². The molecular weight excluding hydrogens is 174 g/mol. The third-order valence-electron chi connectivity index (χ3n) is 1.81. The molecule has 1 rings (SSSR count). The molecule has 0 radical (unpaired) electrons. The van der Waals surface area contributed by atoms with Crippen LogP contribution >= 0.6 is 0 Å². The molecule has 13 heavy (non-hydrogen) atoms. The number of nitrogens with two attached hydrogens (primary N) is 1. The maximum atomic E-state index is 10.9. The van der Waals surface area contributed by atoms with Crippen LogP contribution in [0.15, 0.2) is 0 Å². The molecule has 76 valence electrons. The fraction of sp³-hybridized carbons (Fsp3) is 0.875. The zero-order chi connectivity index (χ0) is 9.68. The summed E-state index contributed by atoms with van der Waals surface area (Å²) in [6.07, 6.45) is 1.47. The second kappa shape index (κ2) is 5.16. The van der Waals surface area contributed by atoms with Gasteiger partial charge in [0.25, 0.3) is 0 Å². The number of hydrogen-bond donors (Lipinski definition) is 1. The van der Waals surface area contributed by atoms with E-state index in [-0.39, 0.29) is 6.10 Å². The smallest absolute Gasteiger partial charge is 0.358 e. The summed E-state index contributed by atoms with van der Waals surface area (Å²) in [7, 11) is 0. The minimum absolute atomic E-state index is 0.0450. The van der Waals surface area contributed by atoms with E-state index in [1.54, 1.807) is 6.92 Å². The SMILES string of the molecule is CC(N)C(=O)OOC1CCOCC1. The summed E-state index contributed by atoms with van der Waals surface area (Å²) in [5, 5.41) is 0. The molecule has 1 heterocycles. The fourth-order valence-corrected chi connectivity index (χ4v) is 0.964. The van der Waals surface area contributed by atoms with Crippen molar-refractivity contribution in [2.75, 3.05) is 13.2 Å². The second-order valence-electron chi connectivity index (χ2n) is 3.10. The molecule has 0 saturated carbocycles. The van der Waals surface area contributed by atoms with Gasteiger partial charge in [0.2, 0.25) is 0 Å². The summed E-state index contributed by atoms with van der Waals surface area (Å²) >= 11 is 0. The van der Waals surface area contributed by atoms with Crippen molar-refractivity contribution in [2.45, 2.75) is 31.9 Å². The molecule has 1 atom stereocenters. The predicted molar refractivity (Wildman–Crippen MR) is 44.7 cm³/mol. The van der Waals surface area contributed by atoms with Crippen molar-refractivity contribution in [3.63, 3.8) is 0 Å². The van der Waals surface area contributed by atoms with Gasteiger partial charge in [0.1, 0.15) is 12.1 Å². The molecule has 0 aromatic rings. The first-order chi connectivity index (χ1) is 6.20. The van der Waals surface area contributed by atoms with Gasteiger partial charge in [-0.2, -0.15) is 4.89 Å². The summed E-state index contributed by atoms with van der Waals surface area (Å²) in [6.45, 7) is 2.86. The zero-order valence-electron chi connectivity index (χ0n) is 7.69. The van der Waals surface area contributed by atoms with Gasteiger partial charge in [-0.25, -0.2) is 4.79 Å². The second-order valence-corrected chi connectivity index (χ2v) is 3.10. The molecule has 0 spiro atoms. The molecule has 1 fully saturated rings. The third-order valence-corrected chi connectivity index (χ3v) is 1.81. The lowest BCUT2D eigenvalue weighted by molar-refractivity contribution is -0.307. The monoisotopic (exact) mass is 189 g/mol. The maximum absolute atomic E-state index is 10.9. The Bertz CT molecular complexity index is 166. The van der Waals surface area contributed by atoms with Crippen molar-refractivity contribution >= 4 is 5.97 Å². The maximum Gasteiger partial charge on any atom is 0.358 e. The Labute approximate surface area is 77.1 Å². The normalized spacial score (nSPS) is 21.1. The summed E-state index contributed by atoms with van der Waals surface area (Å²) in [5.74, 6) is -0.536. The molecule has 0 aliphatic carbocycles.